The van der Waals surface area contributed by atoms with Crippen molar-refractivity contribution >= 4 is 43.2 Å². The third-order valence-corrected chi connectivity index (χ3v) is 7.26. The highest BCUT2D eigenvalue weighted by Gasteiger charge is 2.24. The highest BCUT2D eigenvalue weighted by Crippen LogP contribution is 2.32. The van der Waals surface area contributed by atoms with E-state index in [1.54, 1.807) is 18.2 Å². The van der Waals surface area contributed by atoms with Crippen LogP contribution in [0.4, 0.5) is 11.4 Å². The lowest BCUT2D eigenvalue weighted by Crippen LogP contribution is -2.21. The summed E-state index contributed by atoms with van der Waals surface area (Å²) in [6.07, 6.45) is 1.52. The Morgan fingerprint density at radius 1 is 1.06 bits per heavy atom. The maximum absolute atomic E-state index is 13.2. The van der Waals surface area contributed by atoms with Crippen LogP contribution in [0.25, 0.3) is 0 Å². The number of hydrogen-bond donors (Lipinski definition) is 2. The summed E-state index contributed by atoms with van der Waals surface area (Å²) < 4.78 is 34.9. The maximum atomic E-state index is 13.2. The van der Waals surface area contributed by atoms with E-state index >= 15 is 0 Å². The third-order valence-electron chi connectivity index (χ3n) is 5.18. The van der Waals surface area contributed by atoms with Crippen molar-refractivity contribution in [3.8, 4) is 5.75 Å². The van der Waals surface area contributed by atoms with Gasteiger partial charge in [0, 0.05) is 10.2 Å². The molecular formula is C25H27BrN2O4S. The molecule has 174 valence electrons. The summed E-state index contributed by atoms with van der Waals surface area (Å²) in [5.41, 5.74) is 2.62. The quantitative estimate of drug-likeness (QED) is 0.350. The fraction of sp³-hybridized carbons (Fsp3) is 0.240. The van der Waals surface area contributed by atoms with Gasteiger partial charge in [-0.2, -0.15) is 0 Å². The summed E-state index contributed by atoms with van der Waals surface area (Å²) in [6.45, 7) is 3.90. The molecule has 1 atom stereocenters. The SMILES string of the molecule is CCC[C@H](C(=O)Nc1ccc(OC)c(S(=O)(=O)Nc2cc(C)ccc2Br)c1)c1ccccc1. The van der Waals surface area contributed by atoms with Crippen LogP contribution in [0.1, 0.15) is 36.8 Å². The number of anilines is 2. The Morgan fingerprint density at radius 2 is 1.79 bits per heavy atom. The second-order valence-electron chi connectivity index (χ2n) is 7.70. The topological polar surface area (TPSA) is 84.5 Å². The van der Waals surface area contributed by atoms with Crippen LogP contribution in [0.3, 0.4) is 0 Å². The minimum atomic E-state index is -3.99. The Kier molecular flexibility index (Phi) is 8.15. The van der Waals surface area contributed by atoms with Gasteiger partial charge in [0.15, 0.2) is 0 Å². The Labute approximate surface area is 203 Å². The van der Waals surface area contributed by atoms with Crippen molar-refractivity contribution in [2.45, 2.75) is 37.5 Å². The number of nitrogens with one attached hydrogen (secondary N) is 2. The van der Waals surface area contributed by atoms with Gasteiger partial charge in [0.05, 0.1) is 18.7 Å². The Morgan fingerprint density at radius 3 is 2.45 bits per heavy atom. The average molecular weight is 531 g/mol. The number of aryl methyl sites for hydroxylation is 1. The van der Waals surface area contributed by atoms with Crippen molar-refractivity contribution in [3.63, 3.8) is 0 Å². The molecule has 0 heterocycles. The number of methoxy groups -OCH3 is 1. The standard InChI is InChI=1S/C25H27BrN2O4S/c1-4-8-20(18-9-6-5-7-10-18)25(29)27-19-12-14-23(32-3)24(16-19)33(30,31)28-22-15-17(2)11-13-21(22)26/h5-7,9-16,20,28H,4,8H2,1-3H3,(H,27,29)/t20-/m0/s1. The molecule has 0 aliphatic carbocycles. The van der Waals surface area contributed by atoms with Crippen molar-refractivity contribution in [1.29, 1.82) is 0 Å². The predicted molar refractivity (Wildman–Crippen MR) is 135 cm³/mol. The van der Waals surface area contributed by atoms with Gasteiger partial charge in [0.25, 0.3) is 10.0 Å². The lowest BCUT2D eigenvalue weighted by atomic mass is 9.93. The van der Waals surface area contributed by atoms with E-state index < -0.39 is 10.0 Å². The molecule has 0 fully saturated rings. The highest BCUT2D eigenvalue weighted by molar-refractivity contribution is 9.10. The van der Waals surface area contributed by atoms with E-state index in [9.17, 15) is 13.2 Å². The van der Waals surface area contributed by atoms with Crippen molar-refractivity contribution in [2.75, 3.05) is 17.1 Å². The number of halogens is 1. The predicted octanol–water partition coefficient (Wildman–Crippen LogP) is 6.09. The first-order valence-corrected chi connectivity index (χ1v) is 12.9. The normalized spacial score (nSPS) is 12.1. The van der Waals surface area contributed by atoms with E-state index in [0.717, 1.165) is 17.5 Å². The number of carbonyl (C=O) groups is 1. The fourth-order valence-corrected chi connectivity index (χ4v) is 5.28. The lowest BCUT2D eigenvalue weighted by Gasteiger charge is -2.18. The van der Waals surface area contributed by atoms with Gasteiger partial charge < -0.3 is 10.1 Å². The van der Waals surface area contributed by atoms with Gasteiger partial charge in [-0.05, 0) is 70.7 Å². The molecule has 3 aromatic carbocycles. The van der Waals surface area contributed by atoms with Crippen LogP contribution in [0, 0.1) is 6.92 Å². The third kappa shape index (κ3) is 6.15. The molecule has 0 spiro atoms. The van der Waals surface area contributed by atoms with Crippen LogP contribution < -0.4 is 14.8 Å². The second-order valence-corrected chi connectivity index (χ2v) is 10.2. The molecule has 0 aliphatic heterocycles. The minimum absolute atomic E-state index is 0.0667. The van der Waals surface area contributed by atoms with Gasteiger partial charge in [-0.1, -0.05) is 49.7 Å². The number of carbonyl (C=O) groups excluding carboxylic acids is 1. The zero-order valence-electron chi connectivity index (χ0n) is 18.8. The molecule has 0 saturated heterocycles. The molecule has 3 aromatic rings. The first kappa shape index (κ1) is 24.8. The van der Waals surface area contributed by atoms with Gasteiger partial charge in [-0.25, -0.2) is 8.42 Å². The Bertz CT molecular complexity index is 1230. The lowest BCUT2D eigenvalue weighted by molar-refractivity contribution is -0.117. The molecule has 33 heavy (non-hydrogen) atoms. The van der Waals surface area contributed by atoms with Gasteiger partial charge in [0.1, 0.15) is 10.6 Å². The molecule has 0 aliphatic rings. The molecule has 8 heteroatoms. The summed E-state index contributed by atoms with van der Waals surface area (Å²) in [5.74, 6) is -0.344. The number of ether oxygens (including phenoxy) is 1. The first-order valence-electron chi connectivity index (χ1n) is 10.6. The van der Waals surface area contributed by atoms with Crippen LogP contribution in [0.15, 0.2) is 76.1 Å². The average Bonchev–Trinajstić information content (AvgIpc) is 2.80. The minimum Gasteiger partial charge on any atom is -0.495 e. The van der Waals surface area contributed by atoms with Gasteiger partial charge in [-0.3, -0.25) is 9.52 Å². The van der Waals surface area contributed by atoms with Crippen molar-refractivity contribution in [1.82, 2.24) is 0 Å². The van der Waals surface area contributed by atoms with E-state index in [2.05, 4.69) is 26.0 Å². The van der Waals surface area contributed by atoms with E-state index in [1.165, 1.54) is 19.2 Å². The molecule has 0 bridgehead atoms. The molecule has 6 nitrogen and oxygen atoms in total. The zero-order valence-corrected chi connectivity index (χ0v) is 21.2. The molecular weight excluding hydrogens is 504 g/mol. The monoisotopic (exact) mass is 530 g/mol. The zero-order chi connectivity index (χ0) is 24.0. The van der Waals surface area contributed by atoms with Crippen molar-refractivity contribution < 1.29 is 17.9 Å². The van der Waals surface area contributed by atoms with Crippen LogP contribution in [0.2, 0.25) is 0 Å². The van der Waals surface area contributed by atoms with Crippen LogP contribution in [0.5, 0.6) is 5.75 Å². The maximum Gasteiger partial charge on any atom is 0.265 e. The van der Waals surface area contributed by atoms with Gasteiger partial charge >= 0.3 is 0 Å². The fourth-order valence-electron chi connectivity index (χ4n) is 3.53. The van der Waals surface area contributed by atoms with Crippen molar-refractivity contribution in [2.24, 2.45) is 0 Å². The highest BCUT2D eigenvalue weighted by atomic mass is 79.9. The first-order chi connectivity index (χ1) is 15.7. The molecule has 0 unspecified atom stereocenters. The summed E-state index contributed by atoms with van der Waals surface area (Å²) in [5, 5.41) is 2.88. The van der Waals surface area contributed by atoms with Crippen LogP contribution in [-0.2, 0) is 14.8 Å². The van der Waals surface area contributed by atoms with E-state index in [0.29, 0.717) is 22.3 Å². The Balaban J connectivity index is 1.91. The van der Waals surface area contributed by atoms with Gasteiger partial charge in [-0.15, -0.1) is 0 Å². The van der Waals surface area contributed by atoms with Gasteiger partial charge in [0.2, 0.25) is 5.91 Å². The molecule has 0 aromatic heterocycles. The summed E-state index contributed by atoms with van der Waals surface area (Å²) in [7, 11) is -2.59. The number of rotatable bonds is 9. The van der Waals surface area contributed by atoms with E-state index in [4.69, 9.17) is 4.74 Å². The van der Waals surface area contributed by atoms with Crippen LogP contribution >= 0.6 is 15.9 Å². The van der Waals surface area contributed by atoms with E-state index in [1.807, 2.05) is 50.2 Å². The molecule has 0 saturated carbocycles. The Hall–Kier alpha value is -2.84. The molecule has 0 radical (unpaired) electrons. The summed E-state index contributed by atoms with van der Waals surface area (Å²) >= 11 is 3.38. The largest absolute Gasteiger partial charge is 0.495 e. The van der Waals surface area contributed by atoms with E-state index in [-0.39, 0.29) is 22.5 Å². The number of hydrogen-bond acceptors (Lipinski definition) is 4. The van der Waals surface area contributed by atoms with Crippen LogP contribution in [-0.4, -0.2) is 21.4 Å². The molecule has 3 rings (SSSR count). The number of benzene rings is 3. The number of sulfonamides is 1. The van der Waals surface area contributed by atoms with Crippen molar-refractivity contribution in [3.05, 3.63) is 82.3 Å². The molecule has 2 N–H and O–H groups in total. The smallest absolute Gasteiger partial charge is 0.265 e. The molecule has 1 amide bonds. The summed E-state index contributed by atoms with van der Waals surface area (Å²) in [4.78, 5) is 13.0. The summed E-state index contributed by atoms with van der Waals surface area (Å²) in [6, 6.07) is 19.5. The second kappa shape index (κ2) is 10.9. The number of amides is 1.